The third-order valence-corrected chi connectivity index (χ3v) is 6.38. The number of hydrogen-bond acceptors (Lipinski definition) is 8. The Balaban J connectivity index is 1.77. The number of esters is 1. The lowest BCUT2D eigenvalue weighted by Crippen LogP contribution is -2.29. The third kappa shape index (κ3) is 2.93. The van der Waals surface area contributed by atoms with Gasteiger partial charge in [0.05, 0.1) is 29.7 Å². The van der Waals surface area contributed by atoms with Gasteiger partial charge in [-0.2, -0.15) is 0 Å². The fraction of sp³-hybridized carbons (Fsp3) is 0.174. The molecule has 1 atom stereocenters. The van der Waals surface area contributed by atoms with Crippen molar-refractivity contribution in [1.82, 2.24) is 10.2 Å². The molecule has 0 saturated carbocycles. The highest BCUT2D eigenvalue weighted by atomic mass is 32.1. The van der Waals surface area contributed by atoms with E-state index >= 15 is 0 Å². The molecule has 1 aliphatic rings. The average Bonchev–Trinajstić information content (AvgIpc) is 3.42. The van der Waals surface area contributed by atoms with Crippen LogP contribution in [0.1, 0.15) is 49.2 Å². The molecule has 3 heterocycles. The van der Waals surface area contributed by atoms with E-state index in [1.165, 1.54) is 28.9 Å². The molecule has 8 nitrogen and oxygen atoms in total. The number of benzene rings is 2. The molecule has 4 aromatic rings. The summed E-state index contributed by atoms with van der Waals surface area (Å²) in [5.74, 6) is -0.948. The van der Waals surface area contributed by atoms with Gasteiger partial charge in [0.1, 0.15) is 11.1 Å². The summed E-state index contributed by atoms with van der Waals surface area (Å²) in [4.78, 5) is 40.3. The molecular formula is C23H17N3O5S. The molecule has 160 valence electrons. The highest BCUT2D eigenvalue weighted by Crippen LogP contribution is 2.41. The van der Waals surface area contributed by atoms with Crippen LogP contribution in [0.25, 0.3) is 11.0 Å². The fourth-order valence-corrected chi connectivity index (χ4v) is 4.52. The summed E-state index contributed by atoms with van der Waals surface area (Å²) in [6, 6.07) is 9.37. The number of carbonyl (C=O) groups excluding carboxylic acids is 2. The third-order valence-electron chi connectivity index (χ3n) is 5.69. The summed E-state index contributed by atoms with van der Waals surface area (Å²) in [6.07, 6.45) is 0. The van der Waals surface area contributed by atoms with Crippen LogP contribution in [0.5, 0.6) is 0 Å². The van der Waals surface area contributed by atoms with E-state index in [1.807, 2.05) is 13.8 Å². The standard InChI is InChI=1S/C23H17N3O5S/c1-11-8-15-16(9-12(11)2)31-20-17(19(15)27)18(26(21(20)28)23-25-24-10-32-23)13-4-6-14(7-5-13)22(29)30-3/h4-10,18H,1-3H3. The van der Waals surface area contributed by atoms with Gasteiger partial charge in [-0.1, -0.05) is 23.5 Å². The lowest BCUT2D eigenvalue weighted by atomic mass is 9.97. The second-order valence-electron chi connectivity index (χ2n) is 7.52. The van der Waals surface area contributed by atoms with Crippen molar-refractivity contribution in [2.45, 2.75) is 19.9 Å². The average molecular weight is 447 g/mol. The van der Waals surface area contributed by atoms with Crippen LogP contribution in [0.2, 0.25) is 0 Å². The van der Waals surface area contributed by atoms with Gasteiger partial charge < -0.3 is 9.15 Å². The maximum absolute atomic E-state index is 13.6. The van der Waals surface area contributed by atoms with E-state index in [-0.39, 0.29) is 16.8 Å². The van der Waals surface area contributed by atoms with E-state index in [1.54, 1.807) is 36.4 Å². The number of ether oxygens (including phenoxy) is 1. The lowest BCUT2D eigenvalue weighted by molar-refractivity contribution is 0.0600. The predicted octanol–water partition coefficient (Wildman–Crippen LogP) is 3.80. The minimum atomic E-state index is -0.764. The van der Waals surface area contributed by atoms with Gasteiger partial charge in [0, 0.05) is 0 Å². The first-order chi connectivity index (χ1) is 15.4. The van der Waals surface area contributed by atoms with Crippen LogP contribution in [0.15, 0.2) is 51.1 Å². The van der Waals surface area contributed by atoms with Crippen molar-refractivity contribution < 1.29 is 18.7 Å². The summed E-state index contributed by atoms with van der Waals surface area (Å²) in [6.45, 7) is 3.84. The zero-order chi connectivity index (χ0) is 22.6. The number of fused-ring (bicyclic) bond motifs is 2. The Morgan fingerprint density at radius 1 is 1.12 bits per heavy atom. The Hall–Kier alpha value is -3.85. The second-order valence-corrected chi connectivity index (χ2v) is 8.33. The summed E-state index contributed by atoms with van der Waals surface area (Å²) in [5, 5.41) is 8.65. The molecule has 2 aromatic heterocycles. The highest BCUT2D eigenvalue weighted by Gasteiger charge is 2.45. The predicted molar refractivity (Wildman–Crippen MR) is 118 cm³/mol. The Bertz CT molecular complexity index is 1440. The molecule has 1 unspecified atom stereocenters. The topological polar surface area (TPSA) is 103 Å². The molecule has 0 radical (unpaired) electrons. The van der Waals surface area contributed by atoms with E-state index in [2.05, 4.69) is 10.2 Å². The molecule has 0 fully saturated rings. The van der Waals surface area contributed by atoms with Gasteiger partial charge in [0.2, 0.25) is 10.9 Å². The molecule has 0 bridgehead atoms. The normalized spacial score (nSPS) is 15.3. The van der Waals surface area contributed by atoms with E-state index in [4.69, 9.17) is 9.15 Å². The summed E-state index contributed by atoms with van der Waals surface area (Å²) >= 11 is 1.18. The van der Waals surface area contributed by atoms with E-state index in [9.17, 15) is 14.4 Å². The summed E-state index contributed by atoms with van der Waals surface area (Å²) < 4.78 is 10.7. The number of nitrogens with zero attached hydrogens (tertiary/aromatic N) is 3. The summed E-state index contributed by atoms with van der Waals surface area (Å²) in [7, 11) is 1.30. The lowest BCUT2D eigenvalue weighted by Gasteiger charge is -2.22. The molecule has 9 heteroatoms. The van der Waals surface area contributed by atoms with Crippen LogP contribution in [-0.4, -0.2) is 29.2 Å². The number of anilines is 1. The number of aromatic nitrogens is 2. The minimum absolute atomic E-state index is 0.0111. The van der Waals surface area contributed by atoms with Crippen molar-refractivity contribution in [2.75, 3.05) is 12.0 Å². The van der Waals surface area contributed by atoms with Crippen LogP contribution >= 0.6 is 11.3 Å². The Kier molecular flexibility index (Phi) is 4.63. The van der Waals surface area contributed by atoms with Gasteiger partial charge in [0.15, 0.2) is 5.43 Å². The zero-order valence-corrected chi connectivity index (χ0v) is 18.2. The number of rotatable bonds is 3. The van der Waals surface area contributed by atoms with Crippen LogP contribution in [0, 0.1) is 13.8 Å². The smallest absolute Gasteiger partial charge is 0.337 e. The quantitative estimate of drug-likeness (QED) is 0.440. The van der Waals surface area contributed by atoms with Crippen LogP contribution in [0.4, 0.5) is 5.13 Å². The SMILES string of the molecule is COC(=O)c1ccc(C2c3c(oc4cc(C)c(C)cc4c3=O)C(=O)N2c2nncs2)cc1. The molecule has 0 N–H and O–H groups in total. The zero-order valence-electron chi connectivity index (χ0n) is 17.4. The van der Waals surface area contributed by atoms with Crippen LogP contribution in [0.3, 0.4) is 0 Å². The molecule has 32 heavy (non-hydrogen) atoms. The molecule has 5 rings (SSSR count). The number of amides is 1. The molecule has 0 saturated heterocycles. The largest absolute Gasteiger partial charge is 0.465 e. The molecular weight excluding hydrogens is 430 g/mol. The summed E-state index contributed by atoms with van der Waals surface area (Å²) in [5.41, 5.74) is 4.76. The molecule has 1 aliphatic heterocycles. The number of aryl methyl sites for hydroxylation is 2. The van der Waals surface area contributed by atoms with E-state index < -0.39 is 17.9 Å². The first kappa shape index (κ1) is 20.1. The molecule has 0 spiro atoms. The van der Waals surface area contributed by atoms with Crippen molar-refractivity contribution >= 4 is 39.3 Å². The van der Waals surface area contributed by atoms with Gasteiger partial charge in [-0.25, -0.2) is 4.79 Å². The second kappa shape index (κ2) is 7.38. The first-order valence-electron chi connectivity index (χ1n) is 9.76. The van der Waals surface area contributed by atoms with Gasteiger partial charge in [0.25, 0.3) is 5.91 Å². The number of carbonyl (C=O) groups is 2. The maximum atomic E-state index is 13.6. The van der Waals surface area contributed by atoms with E-state index in [0.717, 1.165) is 11.1 Å². The Morgan fingerprint density at radius 2 is 1.84 bits per heavy atom. The van der Waals surface area contributed by atoms with Crippen molar-refractivity contribution in [3.8, 4) is 0 Å². The number of hydrogen-bond donors (Lipinski definition) is 0. The first-order valence-corrected chi connectivity index (χ1v) is 10.6. The molecule has 1 amide bonds. The fourth-order valence-electron chi connectivity index (χ4n) is 3.93. The number of methoxy groups -OCH3 is 1. The Morgan fingerprint density at radius 3 is 2.50 bits per heavy atom. The maximum Gasteiger partial charge on any atom is 0.337 e. The van der Waals surface area contributed by atoms with Gasteiger partial charge in [-0.05, 0) is 54.8 Å². The van der Waals surface area contributed by atoms with Gasteiger partial charge >= 0.3 is 5.97 Å². The highest BCUT2D eigenvalue weighted by molar-refractivity contribution is 7.13. The Labute approximate surface area is 186 Å². The molecule has 0 aliphatic carbocycles. The van der Waals surface area contributed by atoms with Crippen molar-refractivity contribution in [1.29, 1.82) is 0 Å². The van der Waals surface area contributed by atoms with E-state index in [0.29, 0.717) is 27.2 Å². The molecule has 2 aromatic carbocycles. The van der Waals surface area contributed by atoms with Crippen LogP contribution in [-0.2, 0) is 4.74 Å². The van der Waals surface area contributed by atoms with Gasteiger partial charge in [-0.15, -0.1) is 10.2 Å². The van der Waals surface area contributed by atoms with Crippen molar-refractivity contribution in [2.24, 2.45) is 0 Å². The van der Waals surface area contributed by atoms with Crippen LogP contribution < -0.4 is 10.3 Å². The van der Waals surface area contributed by atoms with Crippen molar-refractivity contribution in [3.05, 3.63) is 85.7 Å². The van der Waals surface area contributed by atoms with Crippen molar-refractivity contribution in [3.63, 3.8) is 0 Å². The minimum Gasteiger partial charge on any atom is -0.465 e. The van der Waals surface area contributed by atoms with Gasteiger partial charge in [-0.3, -0.25) is 14.5 Å². The monoisotopic (exact) mass is 447 g/mol.